The summed E-state index contributed by atoms with van der Waals surface area (Å²) in [5, 5.41) is 14.0. The second-order valence-corrected chi connectivity index (χ2v) is 4.29. The molecule has 7 nitrogen and oxygen atoms in total. The number of nitrogens with one attached hydrogen (secondary N) is 2. The first-order chi connectivity index (χ1) is 8.60. The number of nitrogens with zero attached hydrogens (tertiary/aromatic N) is 1. The minimum atomic E-state index is -0.444. The average Bonchev–Trinajstić information content (AvgIpc) is 2.74. The SMILES string of the molecule is CC1OCCC1Nc1cc(NN)cc([N+](=O)[O-])c1. The van der Waals surface area contributed by atoms with Crippen molar-refractivity contribution >= 4 is 17.1 Å². The molecule has 0 aromatic heterocycles. The molecule has 0 aliphatic carbocycles. The minimum absolute atomic E-state index is 0.000446. The van der Waals surface area contributed by atoms with Crippen LogP contribution < -0.4 is 16.6 Å². The van der Waals surface area contributed by atoms with Gasteiger partial charge in [-0.2, -0.15) is 0 Å². The molecule has 0 amide bonds. The highest BCUT2D eigenvalue weighted by atomic mass is 16.6. The molecule has 7 heteroatoms. The van der Waals surface area contributed by atoms with Crippen LogP contribution in [0.2, 0.25) is 0 Å². The molecule has 18 heavy (non-hydrogen) atoms. The van der Waals surface area contributed by atoms with Crippen LogP contribution in [0.1, 0.15) is 13.3 Å². The predicted octanol–water partition coefficient (Wildman–Crippen LogP) is 1.47. The van der Waals surface area contributed by atoms with E-state index in [2.05, 4.69) is 10.7 Å². The molecule has 0 bridgehead atoms. The number of nitro benzene ring substituents is 1. The molecule has 0 spiro atoms. The molecule has 2 unspecified atom stereocenters. The number of hydrogen-bond donors (Lipinski definition) is 3. The van der Waals surface area contributed by atoms with Gasteiger partial charge in [0.1, 0.15) is 0 Å². The second kappa shape index (κ2) is 5.19. The van der Waals surface area contributed by atoms with Crippen molar-refractivity contribution < 1.29 is 9.66 Å². The Hall–Kier alpha value is -1.86. The van der Waals surface area contributed by atoms with Gasteiger partial charge < -0.3 is 15.5 Å². The fraction of sp³-hybridized carbons (Fsp3) is 0.455. The van der Waals surface area contributed by atoms with Crippen molar-refractivity contribution in [2.24, 2.45) is 5.84 Å². The van der Waals surface area contributed by atoms with Gasteiger partial charge in [0, 0.05) is 24.4 Å². The molecule has 0 saturated carbocycles. The zero-order valence-electron chi connectivity index (χ0n) is 10.1. The molecule has 0 radical (unpaired) electrons. The van der Waals surface area contributed by atoms with Gasteiger partial charge in [-0.05, 0) is 19.4 Å². The highest BCUT2D eigenvalue weighted by Crippen LogP contribution is 2.26. The molecule has 4 N–H and O–H groups in total. The lowest BCUT2D eigenvalue weighted by Gasteiger charge is -2.17. The number of nitrogens with two attached hydrogens (primary N) is 1. The molecule has 1 saturated heterocycles. The molecule has 1 aliphatic heterocycles. The molecule has 1 aromatic carbocycles. The van der Waals surface area contributed by atoms with Crippen molar-refractivity contribution in [3.8, 4) is 0 Å². The van der Waals surface area contributed by atoms with E-state index in [1.54, 1.807) is 6.07 Å². The van der Waals surface area contributed by atoms with Crippen LogP contribution in [0.25, 0.3) is 0 Å². The van der Waals surface area contributed by atoms with Crippen molar-refractivity contribution in [3.05, 3.63) is 28.3 Å². The summed E-state index contributed by atoms with van der Waals surface area (Å²) in [6.45, 7) is 2.68. The van der Waals surface area contributed by atoms with Crippen molar-refractivity contribution in [2.75, 3.05) is 17.3 Å². The van der Waals surface area contributed by atoms with Crippen molar-refractivity contribution in [2.45, 2.75) is 25.5 Å². The normalized spacial score (nSPS) is 22.8. The first kappa shape index (κ1) is 12.6. The maximum Gasteiger partial charge on any atom is 0.273 e. The van der Waals surface area contributed by atoms with Gasteiger partial charge in [0.2, 0.25) is 0 Å². The standard InChI is InChI=1S/C11H16N4O3/c1-7-11(2-3-18-7)13-8-4-9(14-12)6-10(5-8)15(16)17/h4-7,11,13-14H,2-3,12H2,1H3. The van der Waals surface area contributed by atoms with E-state index < -0.39 is 4.92 Å². The maximum atomic E-state index is 10.8. The zero-order chi connectivity index (χ0) is 13.1. The summed E-state index contributed by atoms with van der Waals surface area (Å²) in [6.07, 6.45) is 0.980. The monoisotopic (exact) mass is 252 g/mol. The molecule has 1 heterocycles. The number of anilines is 2. The van der Waals surface area contributed by atoms with Gasteiger partial charge >= 0.3 is 0 Å². The van der Waals surface area contributed by atoms with Gasteiger partial charge in [-0.25, -0.2) is 0 Å². The average molecular weight is 252 g/mol. The van der Waals surface area contributed by atoms with E-state index in [0.717, 1.165) is 6.42 Å². The summed E-state index contributed by atoms with van der Waals surface area (Å²) in [4.78, 5) is 10.4. The predicted molar refractivity (Wildman–Crippen MR) is 68.3 cm³/mol. The molecule has 98 valence electrons. The van der Waals surface area contributed by atoms with Crippen molar-refractivity contribution in [3.63, 3.8) is 0 Å². The minimum Gasteiger partial charge on any atom is -0.379 e. The third kappa shape index (κ3) is 2.69. The lowest BCUT2D eigenvalue weighted by molar-refractivity contribution is -0.384. The Kier molecular flexibility index (Phi) is 3.63. The maximum absolute atomic E-state index is 10.8. The van der Waals surface area contributed by atoms with E-state index >= 15 is 0 Å². The zero-order valence-corrected chi connectivity index (χ0v) is 10.1. The quantitative estimate of drug-likeness (QED) is 0.426. The Balaban J connectivity index is 2.21. The van der Waals surface area contributed by atoms with E-state index in [1.807, 2.05) is 6.92 Å². The van der Waals surface area contributed by atoms with Crippen LogP contribution >= 0.6 is 0 Å². The van der Waals surface area contributed by atoms with E-state index in [0.29, 0.717) is 18.0 Å². The largest absolute Gasteiger partial charge is 0.379 e. The van der Waals surface area contributed by atoms with Crippen LogP contribution in [0.5, 0.6) is 0 Å². The lowest BCUT2D eigenvalue weighted by Crippen LogP contribution is -2.26. The number of non-ortho nitro benzene ring substituents is 1. The fourth-order valence-electron chi connectivity index (χ4n) is 2.02. The van der Waals surface area contributed by atoms with Gasteiger partial charge in [-0.15, -0.1) is 0 Å². The third-order valence-electron chi connectivity index (χ3n) is 3.02. The number of hydrogen-bond acceptors (Lipinski definition) is 6. The number of nitro groups is 1. The first-order valence-electron chi connectivity index (χ1n) is 5.74. The lowest BCUT2D eigenvalue weighted by atomic mass is 10.1. The van der Waals surface area contributed by atoms with Crippen LogP contribution in [0.4, 0.5) is 17.1 Å². The van der Waals surface area contributed by atoms with Gasteiger partial charge in [-0.1, -0.05) is 0 Å². The summed E-state index contributed by atoms with van der Waals surface area (Å²) in [6, 6.07) is 4.78. The fourth-order valence-corrected chi connectivity index (χ4v) is 2.02. The van der Waals surface area contributed by atoms with E-state index in [-0.39, 0.29) is 17.8 Å². The summed E-state index contributed by atoms with van der Waals surface area (Å²) >= 11 is 0. The van der Waals surface area contributed by atoms with Crippen LogP contribution in [0.3, 0.4) is 0 Å². The Morgan fingerprint density at radius 3 is 2.72 bits per heavy atom. The molecule has 1 aliphatic rings. The summed E-state index contributed by atoms with van der Waals surface area (Å²) in [7, 11) is 0. The number of nitrogen functional groups attached to an aromatic ring is 1. The second-order valence-electron chi connectivity index (χ2n) is 4.29. The molecule has 1 aromatic rings. The smallest absolute Gasteiger partial charge is 0.273 e. The van der Waals surface area contributed by atoms with Crippen LogP contribution in [0, 0.1) is 10.1 Å². The van der Waals surface area contributed by atoms with E-state index in [1.165, 1.54) is 12.1 Å². The number of benzene rings is 1. The Morgan fingerprint density at radius 2 is 2.17 bits per heavy atom. The van der Waals surface area contributed by atoms with Gasteiger partial charge in [0.15, 0.2) is 0 Å². The molecule has 2 rings (SSSR count). The summed E-state index contributed by atoms with van der Waals surface area (Å²) in [5.41, 5.74) is 3.59. The van der Waals surface area contributed by atoms with Gasteiger partial charge in [-0.3, -0.25) is 16.0 Å². The number of ether oxygens (including phenoxy) is 1. The van der Waals surface area contributed by atoms with Crippen LogP contribution in [0.15, 0.2) is 18.2 Å². The van der Waals surface area contributed by atoms with Gasteiger partial charge in [0.25, 0.3) is 5.69 Å². The molecular weight excluding hydrogens is 236 g/mol. The molecule has 1 fully saturated rings. The highest BCUT2D eigenvalue weighted by Gasteiger charge is 2.24. The van der Waals surface area contributed by atoms with Crippen LogP contribution in [-0.2, 0) is 4.74 Å². The first-order valence-corrected chi connectivity index (χ1v) is 5.74. The Morgan fingerprint density at radius 1 is 1.44 bits per heavy atom. The van der Waals surface area contributed by atoms with E-state index in [4.69, 9.17) is 10.6 Å². The Bertz CT molecular complexity index is 452. The number of hydrazine groups is 1. The topological polar surface area (TPSA) is 102 Å². The molecular formula is C11H16N4O3. The molecule has 2 atom stereocenters. The summed E-state index contributed by atoms with van der Waals surface area (Å²) in [5.74, 6) is 5.30. The van der Waals surface area contributed by atoms with Crippen molar-refractivity contribution in [1.82, 2.24) is 0 Å². The third-order valence-corrected chi connectivity index (χ3v) is 3.02. The van der Waals surface area contributed by atoms with Gasteiger partial charge in [0.05, 0.1) is 22.8 Å². The van der Waals surface area contributed by atoms with E-state index in [9.17, 15) is 10.1 Å². The van der Waals surface area contributed by atoms with Crippen molar-refractivity contribution in [1.29, 1.82) is 0 Å². The highest BCUT2D eigenvalue weighted by molar-refractivity contribution is 5.63. The summed E-state index contributed by atoms with van der Waals surface area (Å²) < 4.78 is 5.44. The number of rotatable bonds is 4. The van der Waals surface area contributed by atoms with Crippen LogP contribution in [-0.4, -0.2) is 23.7 Å². The Labute approximate surface area is 104 Å².